The van der Waals surface area contributed by atoms with Crippen molar-refractivity contribution in [3.05, 3.63) is 0 Å². The molecule has 7 nitrogen and oxygen atoms in total. The van der Waals surface area contributed by atoms with Crippen molar-refractivity contribution in [2.75, 3.05) is 32.7 Å². The summed E-state index contributed by atoms with van der Waals surface area (Å²) in [4.78, 5) is 26.4. The second-order valence-electron chi connectivity index (χ2n) is 5.66. The van der Waals surface area contributed by atoms with E-state index in [0.29, 0.717) is 26.2 Å². The van der Waals surface area contributed by atoms with Crippen LogP contribution in [0.2, 0.25) is 0 Å². The summed E-state index contributed by atoms with van der Waals surface area (Å²) >= 11 is 0. The van der Waals surface area contributed by atoms with E-state index in [4.69, 9.17) is 10.8 Å². The Labute approximate surface area is 119 Å². The van der Waals surface area contributed by atoms with Gasteiger partial charge in [-0.15, -0.1) is 0 Å². The highest BCUT2D eigenvalue weighted by molar-refractivity contribution is 5.75. The average molecular weight is 284 g/mol. The van der Waals surface area contributed by atoms with Crippen LogP contribution in [0.4, 0.5) is 4.79 Å². The van der Waals surface area contributed by atoms with Crippen molar-refractivity contribution in [3.63, 3.8) is 0 Å². The first-order valence-electron chi connectivity index (χ1n) is 7.31. The molecule has 2 atom stereocenters. The van der Waals surface area contributed by atoms with Gasteiger partial charge in [0.25, 0.3) is 0 Å². The first kappa shape index (κ1) is 15.1. The van der Waals surface area contributed by atoms with Crippen LogP contribution in [-0.2, 0) is 4.79 Å². The van der Waals surface area contributed by atoms with Gasteiger partial charge < -0.3 is 21.1 Å². The number of nitrogens with zero attached hydrogens (tertiary/aromatic N) is 2. The standard InChI is InChI=1S/C13H24N4O3/c14-10-3-1-2-4-11(10)15-13(20)17-7-5-16(6-8-17)9-12(18)19/h10-11H,1-9,14H2,(H,15,20)(H,18,19). The lowest BCUT2D eigenvalue weighted by Crippen LogP contribution is -2.57. The summed E-state index contributed by atoms with van der Waals surface area (Å²) in [6.45, 7) is 2.40. The second kappa shape index (κ2) is 6.90. The molecule has 1 aliphatic carbocycles. The molecule has 20 heavy (non-hydrogen) atoms. The quantitative estimate of drug-likeness (QED) is 0.659. The van der Waals surface area contributed by atoms with Gasteiger partial charge in [-0.05, 0) is 12.8 Å². The zero-order chi connectivity index (χ0) is 14.5. The molecule has 2 fully saturated rings. The van der Waals surface area contributed by atoms with E-state index in [-0.39, 0.29) is 24.7 Å². The molecular weight excluding hydrogens is 260 g/mol. The molecule has 2 aliphatic rings. The number of hydrogen-bond donors (Lipinski definition) is 3. The molecule has 0 spiro atoms. The summed E-state index contributed by atoms with van der Waals surface area (Å²) in [5, 5.41) is 11.8. The maximum atomic E-state index is 12.2. The van der Waals surface area contributed by atoms with Crippen LogP contribution in [0, 0.1) is 0 Å². The van der Waals surface area contributed by atoms with E-state index in [0.717, 1.165) is 25.7 Å². The fraction of sp³-hybridized carbons (Fsp3) is 0.846. The van der Waals surface area contributed by atoms with Gasteiger partial charge >= 0.3 is 12.0 Å². The molecule has 0 bridgehead atoms. The summed E-state index contributed by atoms with van der Waals surface area (Å²) in [6.07, 6.45) is 4.18. The zero-order valence-electron chi connectivity index (χ0n) is 11.8. The first-order chi connectivity index (χ1) is 9.56. The van der Waals surface area contributed by atoms with Crippen LogP contribution >= 0.6 is 0 Å². The number of aliphatic carboxylic acids is 1. The van der Waals surface area contributed by atoms with E-state index < -0.39 is 5.97 Å². The molecule has 0 aromatic rings. The second-order valence-corrected chi connectivity index (χ2v) is 5.66. The molecule has 7 heteroatoms. The highest BCUT2D eigenvalue weighted by atomic mass is 16.4. The Kier molecular flexibility index (Phi) is 5.19. The molecule has 0 aromatic heterocycles. The van der Waals surface area contributed by atoms with Crippen LogP contribution in [0.25, 0.3) is 0 Å². The lowest BCUT2D eigenvalue weighted by molar-refractivity contribution is -0.138. The van der Waals surface area contributed by atoms with Gasteiger partial charge in [-0.1, -0.05) is 12.8 Å². The molecule has 2 rings (SSSR count). The highest BCUT2D eigenvalue weighted by Gasteiger charge is 2.27. The lowest BCUT2D eigenvalue weighted by atomic mass is 9.91. The Morgan fingerprint density at radius 2 is 1.80 bits per heavy atom. The van der Waals surface area contributed by atoms with Crippen molar-refractivity contribution >= 4 is 12.0 Å². The number of carbonyl (C=O) groups is 2. The molecule has 1 saturated heterocycles. The molecule has 114 valence electrons. The van der Waals surface area contributed by atoms with Gasteiger partial charge in [0.15, 0.2) is 0 Å². The van der Waals surface area contributed by atoms with Crippen molar-refractivity contribution in [2.24, 2.45) is 5.73 Å². The van der Waals surface area contributed by atoms with Gasteiger partial charge in [0.2, 0.25) is 0 Å². The van der Waals surface area contributed by atoms with Gasteiger partial charge in [0.05, 0.1) is 6.54 Å². The van der Waals surface area contributed by atoms with Crippen molar-refractivity contribution < 1.29 is 14.7 Å². The summed E-state index contributed by atoms with van der Waals surface area (Å²) in [5.41, 5.74) is 6.03. The van der Waals surface area contributed by atoms with Crippen molar-refractivity contribution in [3.8, 4) is 0 Å². The summed E-state index contributed by atoms with van der Waals surface area (Å²) in [7, 11) is 0. The lowest BCUT2D eigenvalue weighted by Gasteiger charge is -2.36. The molecule has 4 N–H and O–H groups in total. The number of piperazine rings is 1. The van der Waals surface area contributed by atoms with Crippen LogP contribution in [0.5, 0.6) is 0 Å². The van der Waals surface area contributed by atoms with Crippen LogP contribution in [-0.4, -0.2) is 71.7 Å². The number of rotatable bonds is 3. The minimum atomic E-state index is -0.823. The number of urea groups is 1. The van der Waals surface area contributed by atoms with E-state index in [2.05, 4.69) is 5.32 Å². The highest BCUT2D eigenvalue weighted by Crippen LogP contribution is 2.17. The Bertz CT molecular complexity index is 356. The molecule has 1 aliphatic heterocycles. The third-order valence-electron chi connectivity index (χ3n) is 4.15. The minimum absolute atomic E-state index is 0.0446. The molecular formula is C13H24N4O3. The van der Waals surface area contributed by atoms with Crippen LogP contribution in [0.3, 0.4) is 0 Å². The number of nitrogens with one attached hydrogen (secondary N) is 1. The summed E-state index contributed by atoms with van der Waals surface area (Å²) < 4.78 is 0. The van der Waals surface area contributed by atoms with E-state index in [1.54, 1.807) is 4.90 Å². The van der Waals surface area contributed by atoms with Crippen LogP contribution in [0.15, 0.2) is 0 Å². The van der Waals surface area contributed by atoms with E-state index in [1.165, 1.54) is 0 Å². The van der Waals surface area contributed by atoms with Crippen molar-refractivity contribution in [1.29, 1.82) is 0 Å². The van der Waals surface area contributed by atoms with E-state index in [9.17, 15) is 9.59 Å². The summed E-state index contributed by atoms with van der Waals surface area (Å²) in [5.74, 6) is -0.823. The SMILES string of the molecule is NC1CCCCC1NC(=O)N1CCN(CC(=O)O)CC1. The molecule has 1 saturated carbocycles. The normalized spacial score (nSPS) is 28.1. The Hall–Kier alpha value is -1.34. The van der Waals surface area contributed by atoms with Gasteiger partial charge in [-0.25, -0.2) is 4.79 Å². The zero-order valence-corrected chi connectivity index (χ0v) is 11.8. The van der Waals surface area contributed by atoms with E-state index in [1.807, 2.05) is 4.90 Å². The topological polar surface area (TPSA) is 98.9 Å². The molecule has 2 unspecified atom stereocenters. The number of carboxylic acids is 1. The monoisotopic (exact) mass is 284 g/mol. The molecule has 0 aromatic carbocycles. The summed E-state index contributed by atoms with van der Waals surface area (Å²) in [6, 6.07) is 0.0663. The third-order valence-corrected chi connectivity index (χ3v) is 4.15. The number of nitrogens with two attached hydrogens (primary N) is 1. The van der Waals surface area contributed by atoms with Crippen molar-refractivity contribution in [2.45, 2.75) is 37.8 Å². The third kappa shape index (κ3) is 4.08. The van der Waals surface area contributed by atoms with Crippen LogP contribution in [0.1, 0.15) is 25.7 Å². The molecule has 0 radical (unpaired) electrons. The molecule has 2 amide bonds. The maximum Gasteiger partial charge on any atom is 0.317 e. The van der Waals surface area contributed by atoms with Gasteiger partial charge in [-0.3, -0.25) is 9.69 Å². The largest absolute Gasteiger partial charge is 0.480 e. The predicted octanol–water partition coefficient (Wildman–Crippen LogP) is -0.332. The maximum absolute atomic E-state index is 12.2. The minimum Gasteiger partial charge on any atom is -0.480 e. The number of hydrogen-bond acceptors (Lipinski definition) is 4. The number of carboxylic acid groups (broad SMARTS) is 1. The predicted molar refractivity (Wildman–Crippen MR) is 74.4 cm³/mol. The Morgan fingerprint density at radius 1 is 1.15 bits per heavy atom. The van der Waals surface area contributed by atoms with Gasteiger partial charge in [0.1, 0.15) is 0 Å². The fourth-order valence-electron chi connectivity index (χ4n) is 2.89. The van der Waals surface area contributed by atoms with Crippen molar-refractivity contribution in [1.82, 2.24) is 15.1 Å². The van der Waals surface area contributed by atoms with Gasteiger partial charge in [0, 0.05) is 38.3 Å². The Balaban J connectivity index is 1.75. The van der Waals surface area contributed by atoms with Gasteiger partial charge in [-0.2, -0.15) is 0 Å². The first-order valence-corrected chi connectivity index (χ1v) is 7.31. The van der Waals surface area contributed by atoms with Crippen LogP contribution < -0.4 is 11.1 Å². The van der Waals surface area contributed by atoms with E-state index >= 15 is 0 Å². The number of carbonyl (C=O) groups excluding carboxylic acids is 1. The fourth-order valence-corrected chi connectivity index (χ4v) is 2.89. The smallest absolute Gasteiger partial charge is 0.317 e. The molecule has 1 heterocycles. The Morgan fingerprint density at radius 3 is 2.40 bits per heavy atom. The number of amides is 2. The average Bonchev–Trinajstić information content (AvgIpc) is 2.41.